The van der Waals surface area contributed by atoms with Gasteiger partial charge < -0.3 is 15.2 Å². The van der Waals surface area contributed by atoms with Crippen LogP contribution in [0.4, 0.5) is 0 Å². The van der Waals surface area contributed by atoms with E-state index in [-0.39, 0.29) is 17.2 Å². The lowest BCUT2D eigenvalue weighted by Gasteiger charge is -2.12. The van der Waals surface area contributed by atoms with E-state index in [1.54, 1.807) is 12.1 Å². The van der Waals surface area contributed by atoms with E-state index in [1.165, 1.54) is 13.2 Å². The number of rotatable bonds is 10. The summed E-state index contributed by atoms with van der Waals surface area (Å²) in [5.74, 6) is 0.289. The first-order chi connectivity index (χ1) is 10.0. The number of methoxy groups -OCH3 is 1. The van der Waals surface area contributed by atoms with Gasteiger partial charge in [0, 0.05) is 19.7 Å². The molecule has 0 aliphatic heterocycles. The summed E-state index contributed by atoms with van der Waals surface area (Å²) < 4.78 is 37.4. The summed E-state index contributed by atoms with van der Waals surface area (Å²) >= 11 is 0. The Morgan fingerprint density at radius 2 is 2.05 bits per heavy atom. The number of sulfonamides is 1. The van der Waals surface area contributed by atoms with Crippen LogP contribution in [0.15, 0.2) is 23.1 Å². The predicted octanol–water partition coefficient (Wildman–Crippen LogP) is 1.25. The average molecular weight is 316 g/mol. The second kappa shape index (κ2) is 8.99. The van der Waals surface area contributed by atoms with E-state index in [2.05, 4.69) is 11.6 Å². The summed E-state index contributed by atoms with van der Waals surface area (Å²) in [5, 5.41) is 0. The standard InChI is InChI=1S/C14H24N2O4S/c1-3-4-8-20-9-7-16-21(17,18)14-6-5-12(11-15)10-13(14)19-2/h5-6,10,16H,3-4,7-9,11,15H2,1-2H3. The summed E-state index contributed by atoms with van der Waals surface area (Å²) in [6.45, 7) is 3.63. The minimum atomic E-state index is -3.62. The molecule has 21 heavy (non-hydrogen) atoms. The fourth-order valence-electron chi connectivity index (χ4n) is 1.74. The molecular formula is C14H24N2O4S. The maximum atomic E-state index is 12.2. The molecule has 0 amide bonds. The molecule has 3 N–H and O–H groups in total. The largest absolute Gasteiger partial charge is 0.495 e. The van der Waals surface area contributed by atoms with Gasteiger partial charge in [-0.25, -0.2) is 13.1 Å². The van der Waals surface area contributed by atoms with Gasteiger partial charge in [-0.2, -0.15) is 0 Å². The third-order valence-electron chi connectivity index (χ3n) is 2.93. The van der Waals surface area contributed by atoms with Gasteiger partial charge in [-0.15, -0.1) is 0 Å². The van der Waals surface area contributed by atoms with Gasteiger partial charge >= 0.3 is 0 Å². The lowest BCUT2D eigenvalue weighted by atomic mass is 10.2. The predicted molar refractivity (Wildman–Crippen MR) is 81.8 cm³/mol. The average Bonchev–Trinajstić information content (AvgIpc) is 2.50. The van der Waals surface area contributed by atoms with Gasteiger partial charge in [-0.1, -0.05) is 19.4 Å². The second-order valence-corrected chi connectivity index (χ2v) is 6.29. The van der Waals surface area contributed by atoms with Crippen molar-refractivity contribution in [3.05, 3.63) is 23.8 Å². The number of nitrogens with one attached hydrogen (secondary N) is 1. The zero-order valence-corrected chi connectivity index (χ0v) is 13.4. The van der Waals surface area contributed by atoms with Gasteiger partial charge in [-0.3, -0.25) is 0 Å². The van der Waals surface area contributed by atoms with Gasteiger partial charge in [-0.05, 0) is 24.1 Å². The van der Waals surface area contributed by atoms with E-state index in [9.17, 15) is 8.42 Å². The molecule has 120 valence electrons. The lowest BCUT2D eigenvalue weighted by Crippen LogP contribution is -2.28. The third kappa shape index (κ3) is 5.62. The topological polar surface area (TPSA) is 90.7 Å². The van der Waals surface area contributed by atoms with Gasteiger partial charge in [0.15, 0.2) is 0 Å². The summed E-state index contributed by atoms with van der Waals surface area (Å²) in [7, 11) is -2.18. The Kier molecular flexibility index (Phi) is 7.66. The number of hydrogen-bond acceptors (Lipinski definition) is 5. The number of ether oxygens (including phenoxy) is 2. The molecular weight excluding hydrogens is 292 g/mol. The highest BCUT2D eigenvalue weighted by molar-refractivity contribution is 7.89. The molecule has 0 saturated heterocycles. The van der Waals surface area contributed by atoms with Crippen molar-refractivity contribution in [3.63, 3.8) is 0 Å². The Morgan fingerprint density at radius 1 is 1.29 bits per heavy atom. The van der Waals surface area contributed by atoms with E-state index in [0.29, 0.717) is 19.8 Å². The number of benzene rings is 1. The summed E-state index contributed by atoms with van der Waals surface area (Å²) in [6.07, 6.45) is 2.03. The Labute approximate surface area is 126 Å². The van der Waals surface area contributed by atoms with Crippen LogP contribution in [0, 0.1) is 0 Å². The molecule has 0 fully saturated rings. The first-order valence-corrected chi connectivity index (χ1v) is 8.47. The zero-order valence-electron chi connectivity index (χ0n) is 12.6. The highest BCUT2D eigenvalue weighted by Gasteiger charge is 2.19. The number of hydrogen-bond donors (Lipinski definition) is 2. The van der Waals surface area contributed by atoms with Crippen LogP contribution in [0.2, 0.25) is 0 Å². The fraction of sp³-hybridized carbons (Fsp3) is 0.571. The van der Waals surface area contributed by atoms with Crippen molar-refractivity contribution in [1.29, 1.82) is 0 Å². The van der Waals surface area contributed by atoms with E-state index >= 15 is 0 Å². The van der Waals surface area contributed by atoms with Crippen LogP contribution in [0.25, 0.3) is 0 Å². The highest BCUT2D eigenvalue weighted by atomic mass is 32.2. The second-order valence-electron chi connectivity index (χ2n) is 4.55. The Hall–Kier alpha value is -1.15. The molecule has 0 aliphatic rings. The minimum Gasteiger partial charge on any atom is -0.495 e. The van der Waals surface area contributed by atoms with Crippen LogP contribution in [0.3, 0.4) is 0 Å². The molecule has 1 aromatic rings. The van der Waals surface area contributed by atoms with Crippen LogP contribution in [-0.4, -0.2) is 35.3 Å². The normalized spacial score (nSPS) is 11.6. The van der Waals surface area contributed by atoms with Crippen LogP contribution >= 0.6 is 0 Å². The molecule has 0 radical (unpaired) electrons. The van der Waals surface area contributed by atoms with Crippen molar-refractivity contribution in [2.75, 3.05) is 26.9 Å². The summed E-state index contributed by atoms with van der Waals surface area (Å²) in [4.78, 5) is 0.107. The summed E-state index contributed by atoms with van der Waals surface area (Å²) in [6, 6.07) is 4.81. The molecule has 0 aliphatic carbocycles. The third-order valence-corrected chi connectivity index (χ3v) is 4.43. The monoisotopic (exact) mass is 316 g/mol. The van der Waals surface area contributed by atoms with E-state index in [0.717, 1.165) is 18.4 Å². The number of nitrogens with two attached hydrogens (primary N) is 1. The minimum absolute atomic E-state index is 0.107. The molecule has 0 heterocycles. The first-order valence-electron chi connectivity index (χ1n) is 6.99. The molecule has 0 bridgehead atoms. The zero-order chi connectivity index (χ0) is 15.7. The maximum Gasteiger partial charge on any atom is 0.244 e. The van der Waals surface area contributed by atoms with Crippen molar-refractivity contribution in [2.45, 2.75) is 31.2 Å². The van der Waals surface area contributed by atoms with Gasteiger partial charge in [0.05, 0.1) is 13.7 Å². The van der Waals surface area contributed by atoms with Crippen LogP contribution < -0.4 is 15.2 Å². The molecule has 0 unspecified atom stereocenters. The molecule has 7 heteroatoms. The van der Waals surface area contributed by atoms with Gasteiger partial charge in [0.1, 0.15) is 10.6 Å². The molecule has 0 spiro atoms. The van der Waals surface area contributed by atoms with Gasteiger partial charge in [0.25, 0.3) is 0 Å². The Morgan fingerprint density at radius 3 is 2.67 bits per heavy atom. The molecule has 0 saturated carbocycles. The van der Waals surface area contributed by atoms with Crippen molar-refractivity contribution in [3.8, 4) is 5.75 Å². The SMILES string of the molecule is CCCCOCCNS(=O)(=O)c1ccc(CN)cc1OC. The Bertz CT molecular complexity index is 532. The quantitative estimate of drug-likeness (QED) is 0.634. The first kappa shape index (κ1) is 17.9. The van der Waals surface area contributed by atoms with Crippen molar-refractivity contribution < 1.29 is 17.9 Å². The Balaban J connectivity index is 2.65. The van der Waals surface area contributed by atoms with Crippen LogP contribution in [0.5, 0.6) is 5.75 Å². The van der Waals surface area contributed by atoms with E-state index < -0.39 is 10.0 Å². The van der Waals surface area contributed by atoms with Crippen molar-refractivity contribution in [1.82, 2.24) is 4.72 Å². The molecule has 0 aromatic heterocycles. The van der Waals surface area contributed by atoms with E-state index in [4.69, 9.17) is 15.2 Å². The number of unbranched alkanes of at least 4 members (excludes halogenated alkanes) is 1. The fourth-order valence-corrected chi connectivity index (χ4v) is 2.90. The smallest absolute Gasteiger partial charge is 0.244 e. The molecule has 0 atom stereocenters. The van der Waals surface area contributed by atoms with Crippen molar-refractivity contribution >= 4 is 10.0 Å². The van der Waals surface area contributed by atoms with Crippen LogP contribution in [-0.2, 0) is 21.3 Å². The lowest BCUT2D eigenvalue weighted by molar-refractivity contribution is 0.136. The summed E-state index contributed by atoms with van der Waals surface area (Å²) in [5.41, 5.74) is 6.35. The highest BCUT2D eigenvalue weighted by Crippen LogP contribution is 2.24. The molecule has 6 nitrogen and oxygen atoms in total. The van der Waals surface area contributed by atoms with E-state index in [1.807, 2.05) is 0 Å². The molecule has 1 aromatic carbocycles. The maximum absolute atomic E-state index is 12.2. The molecule has 1 rings (SSSR count). The van der Waals surface area contributed by atoms with Gasteiger partial charge in [0.2, 0.25) is 10.0 Å². The van der Waals surface area contributed by atoms with Crippen molar-refractivity contribution in [2.24, 2.45) is 5.73 Å². The van der Waals surface area contributed by atoms with Crippen LogP contribution in [0.1, 0.15) is 25.3 Å².